The van der Waals surface area contributed by atoms with Gasteiger partial charge >= 0.3 is 6.09 Å². The average molecular weight is 753 g/mol. The molecular formula is C44H57FN4O4Si. The molecule has 288 valence electrons. The highest BCUT2D eigenvalue weighted by Gasteiger charge is 2.45. The second-order valence-electron chi connectivity index (χ2n) is 17.1. The third-order valence-corrected chi connectivity index (χ3v) is 18.0. The zero-order chi connectivity index (χ0) is 39.3. The maximum atomic E-state index is 17.5. The molecule has 0 saturated carbocycles. The van der Waals surface area contributed by atoms with Gasteiger partial charge in [-0.3, -0.25) is 9.88 Å². The van der Waals surface area contributed by atoms with E-state index in [9.17, 15) is 4.79 Å². The van der Waals surface area contributed by atoms with Crippen LogP contribution >= 0.6 is 0 Å². The van der Waals surface area contributed by atoms with Gasteiger partial charge in [-0.15, -0.1) is 5.54 Å². The summed E-state index contributed by atoms with van der Waals surface area (Å²) in [6, 6.07) is 9.85. The summed E-state index contributed by atoms with van der Waals surface area (Å²) in [5.74, 6) is 4.50. The van der Waals surface area contributed by atoms with E-state index in [2.05, 4.69) is 57.9 Å². The zero-order valence-corrected chi connectivity index (χ0v) is 35.2. The maximum Gasteiger partial charge on any atom is 0.410 e. The number of halogens is 1. The van der Waals surface area contributed by atoms with Crippen molar-refractivity contribution < 1.29 is 23.4 Å². The van der Waals surface area contributed by atoms with Gasteiger partial charge in [0.25, 0.3) is 0 Å². The standard InChI is InChI=1S/C44H57FN4O4Si/c1-26(2)54(27(3)4,28(5)6)19-18-31-14-13-15-32-20-35(52-25-51-12)21-36(39(31)32)41-40(45)38-29(7)30(8)47-42(37(38)22-46-41)48-23-33-16-17-34(24-48)49(33)43(50)53-44(9,10)11/h13-15,20-22,26-28,33-34H,16-17,23-25H2,1-12H3. The van der Waals surface area contributed by atoms with Crippen molar-refractivity contribution in [3.63, 3.8) is 0 Å². The van der Waals surface area contributed by atoms with Crippen LogP contribution < -0.4 is 9.64 Å². The van der Waals surface area contributed by atoms with E-state index in [1.54, 1.807) is 13.3 Å². The number of anilines is 1. The van der Waals surface area contributed by atoms with Crippen LogP contribution in [0.2, 0.25) is 16.6 Å². The lowest BCUT2D eigenvalue weighted by atomic mass is 9.95. The van der Waals surface area contributed by atoms with Crippen molar-refractivity contribution in [3.05, 3.63) is 59.2 Å². The second kappa shape index (κ2) is 15.1. The highest BCUT2D eigenvalue weighted by atomic mass is 28.3. The normalized spacial score (nSPS) is 17.6. The molecule has 4 heterocycles. The third-order valence-electron chi connectivity index (χ3n) is 11.7. The molecule has 2 saturated heterocycles. The summed E-state index contributed by atoms with van der Waals surface area (Å²) >= 11 is 0. The molecule has 8 nitrogen and oxygen atoms in total. The van der Waals surface area contributed by atoms with Crippen LogP contribution in [0.25, 0.3) is 32.8 Å². The number of ether oxygens (including phenoxy) is 3. The molecule has 2 unspecified atom stereocenters. The lowest BCUT2D eigenvalue weighted by molar-refractivity contribution is 0.0123. The van der Waals surface area contributed by atoms with E-state index < -0.39 is 19.5 Å². The Labute approximate surface area is 321 Å². The summed E-state index contributed by atoms with van der Waals surface area (Å²) in [5.41, 5.74) is 7.94. The molecule has 2 fully saturated rings. The number of aromatic nitrogens is 2. The SMILES string of the molecule is COCOc1cc(-c2ncc3c(N4CC5CCC(C4)N5C(=O)OC(C)(C)C)nc(C)c(C)c3c2F)c2c(C#C[Si](C(C)C)(C(C)C)C(C)C)cccc2c1. The minimum atomic E-state index is -2.07. The molecule has 0 N–H and O–H groups in total. The van der Waals surface area contributed by atoms with Gasteiger partial charge in [-0.2, -0.15) is 0 Å². The van der Waals surface area contributed by atoms with Crippen LogP contribution in [0.3, 0.4) is 0 Å². The number of carbonyl (C=O) groups is 1. The molecule has 0 spiro atoms. The fourth-order valence-electron chi connectivity index (χ4n) is 9.13. The summed E-state index contributed by atoms with van der Waals surface area (Å²) in [7, 11) is -0.489. The molecule has 2 aromatic heterocycles. The van der Waals surface area contributed by atoms with Gasteiger partial charge in [0.05, 0.1) is 12.1 Å². The molecule has 2 aliphatic heterocycles. The summed E-state index contributed by atoms with van der Waals surface area (Å²) in [6.45, 7) is 24.6. The van der Waals surface area contributed by atoms with Crippen LogP contribution in [0.4, 0.5) is 15.0 Å². The molecule has 6 rings (SSSR count). The van der Waals surface area contributed by atoms with Crippen molar-refractivity contribution in [2.24, 2.45) is 0 Å². The Morgan fingerprint density at radius 1 is 1.00 bits per heavy atom. The number of nitrogens with zero attached hydrogens (tertiary/aromatic N) is 4. The zero-order valence-electron chi connectivity index (χ0n) is 34.2. The van der Waals surface area contributed by atoms with Crippen molar-refractivity contribution in [2.45, 2.75) is 123 Å². The number of hydrogen-bond acceptors (Lipinski definition) is 7. The van der Waals surface area contributed by atoms with Gasteiger partial charge in [0.2, 0.25) is 0 Å². The minimum absolute atomic E-state index is 0.0150. The van der Waals surface area contributed by atoms with Gasteiger partial charge in [0.15, 0.2) is 12.6 Å². The number of fused-ring (bicyclic) bond motifs is 4. The van der Waals surface area contributed by atoms with Crippen molar-refractivity contribution in [2.75, 3.05) is 31.9 Å². The van der Waals surface area contributed by atoms with Gasteiger partial charge in [-0.1, -0.05) is 59.6 Å². The summed E-state index contributed by atoms with van der Waals surface area (Å²) < 4.78 is 34.5. The maximum absolute atomic E-state index is 17.5. The van der Waals surface area contributed by atoms with Crippen molar-refractivity contribution in [3.8, 4) is 28.5 Å². The molecule has 2 aromatic carbocycles. The van der Waals surface area contributed by atoms with Gasteiger partial charge in [-0.05, 0) is 93.2 Å². The van der Waals surface area contributed by atoms with Crippen LogP contribution in [0.5, 0.6) is 5.75 Å². The summed E-state index contributed by atoms with van der Waals surface area (Å²) in [6.07, 6.45) is 3.26. The fourth-order valence-corrected chi connectivity index (χ4v) is 14.4. The van der Waals surface area contributed by atoms with E-state index in [0.29, 0.717) is 57.6 Å². The van der Waals surface area contributed by atoms with Crippen LogP contribution in [-0.4, -0.2) is 73.7 Å². The fraction of sp³-hybridized carbons (Fsp3) is 0.523. The van der Waals surface area contributed by atoms with Crippen LogP contribution in [0.15, 0.2) is 36.5 Å². The highest BCUT2D eigenvalue weighted by Crippen LogP contribution is 2.43. The molecule has 0 aliphatic carbocycles. The number of methoxy groups -OCH3 is 1. The Balaban J connectivity index is 1.51. The lowest BCUT2D eigenvalue weighted by Gasteiger charge is -2.42. The van der Waals surface area contributed by atoms with E-state index in [1.807, 2.05) is 69.9 Å². The Hall–Kier alpha value is -4.20. The average Bonchev–Trinajstić information content (AvgIpc) is 3.37. The number of piperazine rings is 1. The van der Waals surface area contributed by atoms with Crippen molar-refractivity contribution in [1.82, 2.24) is 14.9 Å². The van der Waals surface area contributed by atoms with E-state index >= 15 is 4.39 Å². The first-order valence-electron chi connectivity index (χ1n) is 19.4. The molecule has 2 atom stereocenters. The van der Waals surface area contributed by atoms with Gasteiger partial charge in [-0.25, -0.2) is 14.2 Å². The number of benzene rings is 2. The van der Waals surface area contributed by atoms with Gasteiger partial charge in [0.1, 0.15) is 30.9 Å². The number of aryl methyl sites for hydroxylation is 2. The Morgan fingerprint density at radius 3 is 2.24 bits per heavy atom. The molecule has 10 heteroatoms. The van der Waals surface area contributed by atoms with Crippen molar-refractivity contribution >= 4 is 41.5 Å². The monoisotopic (exact) mass is 752 g/mol. The Kier molecular flexibility index (Phi) is 11.1. The first kappa shape index (κ1) is 39.5. The van der Waals surface area contributed by atoms with Crippen LogP contribution in [-0.2, 0) is 9.47 Å². The lowest BCUT2D eigenvalue weighted by Crippen LogP contribution is -2.57. The van der Waals surface area contributed by atoms with E-state index in [0.717, 1.165) is 40.4 Å². The van der Waals surface area contributed by atoms with Gasteiger partial charge < -0.3 is 19.1 Å². The van der Waals surface area contributed by atoms with E-state index in [-0.39, 0.29) is 30.7 Å². The predicted octanol–water partition coefficient (Wildman–Crippen LogP) is 10.3. The first-order valence-corrected chi connectivity index (χ1v) is 21.6. The predicted molar refractivity (Wildman–Crippen MR) is 219 cm³/mol. The number of pyridine rings is 2. The molecular weight excluding hydrogens is 696 g/mol. The van der Waals surface area contributed by atoms with Gasteiger partial charge in [0, 0.05) is 59.4 Å². The van der Waals surface area contributed by atoms with E-state index in [4.69, 9.17) is 24.2 Å². The molecule has 2 bridgehead atoms. The number of carbonyl (C=O) groups excluding carboxylic acids is 1. The van der Waals surface area contributed by atoms with Crippen molar-refractivity contribution in [1.29, 1.82) is 0 Å². The molecule has 4 aromatic rings. The highest BCUT2D eigenvalue weighted by molar-refractivity contribution is 6.90. The minimum Gasteiger partial charge on any atom is -0.468 e. The smallest absolute Gasteiger partial charge is 0.410 e. The number of rotatable bonds is 8. The Morgan fingerprint density at radius 2 is 1.65 bits per heavy atom. The summed E-state index contributed by atoms with van der Waals surface area (Å²) in [5, 5.41) is 2.88. The quantitative estimate of drug-likeness (QED) is 0.101. The molecule has 1 amide bonds. The third kappa shape index (κ3) is 7.17. The molecule has 54 heavy (non-hydrogen) atoms. The topological polar surface area (TPSA) is 77.0 Å². The van der Waals surface area contributed by atoms with Crippen LogP contribution in [0.1, 0.15) is 92.0 Å². The molecule has 0 radical (unpaired) electrons. The second-order valence-corrected chi connectivity index (χ2v) is 22.7. The number of hydrogen-bond donors (Lipinski definition) is 0. The summed E-state index contributed by atoms with van der Waals surface area (Å²) in [4.78, 5) is 27.2. The molecule has 2 aliphatic rings. The van der Waals surface area contributed by atoms with E-state index in [1.165, 1.54) is 0 Å². The van der Waals surface area contributed by atoms with Crippen LogP contribution in [0, 0.1) is 31.1 Å². The largest absolute Gasteiger partial charge is 0.468 e. The number of amides is 1. The first-order chi connectivity index (χ1) is 25.5. The Bertz CT molecular complexity index is 2100.